The number of hydrogen-bond donors (Lipinski definition) is 2. The summed E-state index contributed by atoms with van der Waals surface area (Å²) in [6, 6.07) is 9.24. The first-order valence-electron chi connectivity index (χ1n) is 7.82. The Hall–Kier alpha value is -2.93. The van der Waals surface area contributed by atoms with Gasteiger partial charge in [0, 0.05) is 17.3 Å². The molecule has 0 aromatic heterocycles. The van der Waals surface area contributed by atoms with Gasteiger partial charge in [-0.2, -0.15) is 0 Å². The third kappa shape index (κ3) is 3.39. The largest absolute Gasteiger partial charge is 0.336 e. The van der Waals surface area contributed by atoms with Crippen molar-refractivity contribution in [2.45, 2.75) is 6.92 Å². The van der Waals surface area contributed by atoms with E-state index in [-0.39, 0.29) is 12.2 Å². The van der Waals surface area contributed by atoms with E-state index >= 15 is 0 Å². The van der Waals surface area contributed by atoms with E-state index in [1.54, 1.807) is 25.1 Å². The highest BCUT2D eigenvalue weighted by atomic mass is 35.5. The molecule has 0 saturated carbocycles. The quantitative estimate of drug-likeness (QED) is 0.809. The van der Waals surface area contributed by atoms with Crippen molar-refractivity contribution in [2.75, 3.05) is 16.8 Å². The molecule has 1 aliphatic rings. The molecule has 4 amide bonds. The Morgan fingerprint density at radius 2 is 1.92 bits per heavy atom. The number of amides is 4. The maximum absolute atomic E-state index is 13.1. The fourth-order valence-corrected chi connectivity index (χ4v) is 2.79. The summed E-state index contributed by atoms with van der Waals surface area (Å²) in [5.41, 5.74) is 1.34. The van der Waals surface area contributed by atoms with Crippen LogP contribution in [-0.4, -0.2) is 24.4 Å². The molecule has 134 valence electrons. The van der Waals surface area contributed by atoms with Crippen molar-refractivity contribution in [2.24, 2.45) is 5.92 Å². The van der Waals surface area contributed by atoms with Crippen LogP contribution in [0.4, 0.5) is 20.6 Å². The Bertz CT molecular complexity index is 886. The van der Waals surface area contributed by atoms with E-state index in [0.717, 1.165) is 17.0 Å². The van der Waals surface area contributed by atoms with Gasteiger partial charge in [-0.25, -0.2) is 14.1 Å². The Morgan fingerprint density at radius 3 is 2.62 bits per heavy atom. The predicted molar refractivity (Wildman–Crippen MR) is 95.6 cm³/mol. The first-order valence-corrected chi connectivity index (χ1v) is 8.19. The minimum atomic E-state index is -1.11. The van der Waals surface area contributed by atoms with Crippen LogP contribution in [0.25, 0.3) is 0 Å². The molecule has 1 fully saturated rings. The molecule has 26 heavy (non-hydrogen) atoms. The van der Waals surface area contributed by atoms with Crippen molar-refractivity contribution in [1.82, 2.24) is 5.32 Å². The van der Waals surface area contributed by atoms with Gasteiger partial charge in [-0.3, -0.25) is 9.59 Å². The molecule has 0 aliphatic carbocycles. The average Bonchev–Trinajstić information content (AvgIpc) is 2.60. The lowest BCUT2D eigenvalue weighted by Crippen LogP contribution is -2.58. The second-order valence-corrected chi connectivity index (χ2v) is 6.20. The van der Waals surface area contributed by atoms with Crippen LogP contribution in [0.2, 0.25) is 5.02 Å². The molecule has 0 spiro atoms. The molecule has 1 aliphatic heterocycles. The lowest BCUT2D eigenvalue weighted by molar-refractivity contribution is -0.130. The van der Waals surface area contributed by atoms with Crippen LogP contribution in [0.3, 0.4) is 0 Å². The monoisotopic (exact) mass is 375 g/mol. The second-order valence-electron chi connectivity index (χ2n) is 5.79. The van der Waals surface area contributed by atoms with E-state index in [2.05, 4.69) is 10.6 Å². The van der Waals surface area contributed by atoms with Crippen molar-refractivity contribution in [3.05, 3.63) is 58.9 Å². The first kappa shape index (κ1) is 17.9. The normalized spacial score (nSPS) is 17.0. The third-order valence-electron chi connectivity index (χ3n) is 4.11. The lowest BCUT2D eigenvalue weighted by Gasteiger charge is -2.30. The van der Waals surface area contributed by atoms with Gasteiger partial charge in [0.05, 0.1) is 5.69 Å². The molecule has 2 aromatic rings. The average molecular weight is 376 g/mol. The molecular formula is C18H15ClFN3O3. The minimum absolute atomic E-state index is 0.124. The van der Waals surface area contributed by atoms with Gasteiger partial charge in [0.15, 0.2) is 0 Å². The fourth-order valence-electron chi connectivity index (χ4n) is 2.61. The molecule has 2 N–H and O–H groups in total. The molecule has 6 nitrogen and oxygen atoms in total. The summed E-state index contributed by atoms with van der Waals surface area (Å²) in [5, 5.41) is 5.65. The first-order chi connectivity index (χ1) is 12.4. The number of rotatable bonds is 3. The summed E-state index contributed by atoms with van der Waals surface area (Å²) in [5.74, 6) is -2.86. The lowest BCUT2D eigenvalue weighted by atomic mass is 10.0. The van der Waals surface area contributed by atoms with Crippen LogP contribution in [0.1, 0.15) is 5.56 Å². The molecule has 1 heterocycles. The van der Waals surface area contributed by atoms with Crippen LogP contribution in [0.5, 0.6) is 0 Å². The SMILES string of the molecule is Cc1c(Cl)cccc1NC(=O)C1CNC(=O)N(c2ccc(F)cc2)C1=O. The number of hydrogen-bond acceptors (Lipinski definition) is 3. The molecule has 3 rings (SSSR count). The van der Waals surface area contributed by atoms with Gasteiger partial charge < -0.3 is 10.6 Å². The maximum Gasteiger partial charge on any atom is 0.328 e. The van der Waals surface area contributed by atoms with E-state index in [4.69, 9.17) is 11.6 Å². The zero-order valence-corrected chi connectivity index (χ0v) is 14.5. The molecule has 8 heteroatoms. The zero-order valence-electron chi connectivity index (χ0n) is 13.8. The van der Waals surface area contributed by atoms with E-state index in [0.29, 0.717) is 16.3 Å². The molecular weight excluding hydrogens is 361 g/mol. The van der Waals surface area contributed by atoms with Crippen LogP contribution >= 0.6 is 11.6 Å². The zero-order chi connectivity index (χ0) is 18.8. The van der Waals surface area contributed by atoms with Gasteiger partial charge in [-0.15, -0.1) is 0 Å². The summed E-state index contributed by atoms with van der Waals surface area (Å²) in [6.07, 6.45) is 0. The van der Waals surface area contributed by atoms with Gasteiger partial charge in [0.1, 0.15) is 11.7 Å². The third-order valence-corrected chi connectivity index (χ3v) is 4.52. The van der Waals surface area contributed by atoms with Crippen LogP contribution in [-0.2, 0) is 9.59 Å². The second kappa shape index (κ2) is 7.13. The maximum atomic E-state index is 13.1. The van der Waals surface area contributed by atoms with Crippen molar-refractivity contribution in [3.8, 4) is 0 Å². The number of carbonyl (C=O) groups is 3. The highest BCUT2D eigenvalue weighted by Crippen LogP contribution is 2.25. The topological polar surface area (TPSA) is 78.5 Å². The fraction of sp³-hybridized carbons (Fsp3) is 0.167. The van der Waals surface area contributed by atoms with Crippen LogP contribution in [0, 0.1) is 18.7 Å². The van der Waals surface area contributed by atoms with E-state index in [1.165, 1.54) is 12.1 Å². The number of halogens is 2. The summed E-state index contributed by atoms with van der Waals surface area (Å²) >= 11 is 6.03. The van der Waals surface area contributed by atoms with Crippen LogP contribution < -0.4 is 15.5 Å². The van der Waals surface area contributed by atoms with Gasteiger partial charge in [0.2, 0.25) is 11.8 Å². The number of carbonyl (C=O) groups excluding carboxylic acids is 3. The number of urea groups is 1. The van der Waals surface area contributed by atoms with Gasteiger partial charge >= 0.3 is 6.03 Å². The van der Waals surface area contributed by atoms with Crippen molar-refractivity contribution < 1.29 is 18.8 Å². The Morgan fingerprint density at radius 1 is 1.23 bits per heavy atom. The molecule has 2 aromatic carbocycles. The summed E-state index contributed by atoms with van der Waals surface area (Å²) in [6.45, 7) is 1.62. The van der Waals surface area contributed by atoms with E-state index in [9.17, 15) is 18.8 Å². The standard InChI is InChI=1S/C18H15ClFN3O3/c1-10-14(19)3-2-4-15(10)22-16(24)13-9-21-18(26)23(17(13)25)12-7-5-11(20)6-8-12/h2-8,13H,9H2,1H3,(H,21,26)(H,22,24). The summed E-state index contributed by atoms with van der Waals surface area (Å²) < 4.78 is 13.1. The van der Waals surface area contributed by atoms with E-state index in [1.807, 2.05) is 0 Å². The highest BCUT2D eigenvalue weighted by molar-refractivity contribution is 6.32. The number of benzene rings is 2. The minimum Gasteiger partial charge on any atom is -0.336 e. The van der Waals surface area contributed by atoms with Crippen molar-refractivity contribution in [1.29, 1.82) is 0 Å². The van der Waals surface area contributed by atoms with Gasteiger partial charge in [-0.1, -0.05) is 17.7 Å². The van der Waals surface area contributed by atoms with Crippen molar-refractivity contribution >= 4 is 40.8 Å². The van der Waals surface area contributed by atoms with Crippen LogP contribution in [0.15, 0.2) is 42.5 Å². The van der Waals surface area contributed by atoms with Crippen molar-refractivity contribution in [3.63, 3.8) is 0 Å². The van der Waals surface area contributed by atoms with Gasteiger partial charge in [0.25, 0.3) is 0 Å². The molecule has 0 bridgehead atoms. The number of nitrogens with one attached hydrogen (secondary N) is 2. The predicted octanol–water partition coefficient (Wildman–Crippen LogP) is 3.10. The Kier molecular flexibility index (Phi) is 4.90. The molecule has 1 atom stereocenters. The van der Waals surface area contributed by atoms with Gasteiger partial charge in [-0.05, 0) is 48.9 Å². The summed E-state index contributed by atoms with van der Waals surface area (Å²) in [4.78, 5) is 38.2. The molecule has 1 saturated heterocycles. The summed E-state index contributed by atoms with van der Waals surface area (Å²) in [7, 11) is 0. The molecule has 0 radical (unpaired) electrons. The highest BCUT2D eigenvalue weighted by Gasteiger charge is 2.39. The van der Waals surface area contributed by atoms with E-state index < -0.39 is 29.6 Å². The number of imide groups is 1. The number of nitrogens with zero attached hydrogens (tertiary/aromatic N) is 1. The molecule has 1 unspecified atom stereocenters. The Balaban J connectivity index is 1.82. The number of anilines is 2. The Labute approximate surface area is 153 Å². The smallest absolute Gasteiger partial charge is 0.328 e.